The first-order valence-corrected chi connectivity index (χ1v) is 6.94. The van der Waals surface area contributed by atoms with Crippen molar-refractivity contribution in [1.82, 2.24) is 0 Å². The van der Waals surface area contributed by atoms with E-state index >= 15 is 0 Å². The molecule has 0 heterocycles. The number of ether oxygens (including phenoxy) is 1. The van der Waals surface area contributed by atoms with E-state index in [0.29, 0.717) is 0 Å². The van der Waals surface area contributed by atoms with E-state index in [9.17, 15) is 0 Å². The zero-order chi connectivity index (χ0) is 21.8. The van der Waals surface area contributed by atoms with Gasteiger partial charge in [0.1, 0.15) is 0 Å². The number of allylic oxidation sites excluding steroid dienone is 2. The summed E-state index contributed by atoms with van der Waals surface area (Å²) in [6.07, 6.45) is 8.13. The third kappa shape index (κ3) is 33.4. The average molecular weight is 392 g/mol. The maximum absolute atomic E-state index is 7.50. The molecule has 134 valence electrons. The Morgan fingerprint density at radius 3 is 1.65 bits per heavy atom. The molecule has 0 saturated carbocycles. The molecule has 0 aliphatic heterocycles. The van der Waals surface area contributed by atoms with Gasteiger partial charge in [-0.2, -0.15) is 0 Å². The van der Waals surface area contributed by atoms with Crippen LogP contribution < -0.4 is 0 Å². The molecule has 0 radical (unpaired) electrons. The molecule has 0 aliphatic rings. The fourth-order valence-corrected chi connectivity index (χ4v) is 1.56. The molecule has 0 unspecified atom stereocenters. The molecule has 0 fully saturated rings. The van der Waals surface area contributed by atoms with Crippen LogP contribution in [0.3, 0.4) is 0 Å². The van der Waals surface area contributed by atoms with Gasteiger partial charge in [0.2, 0.25) is 0 Å². The Bertz CT molecular complexity index is 543. The van der Waals surface area contributed by atoms with Gasteiger partial charge in [0.05, 0.1) is 0 Å². The van der Waals surface area contributed by atoms with Crippen LogP contribution in [0.5, 0.6) is 0 Å². The van der Waals surface area contributed by atoms with Crippen LogP contribution in [0.2, 0.25) is 0 Å². The molecule has 0 bridgehead atoms. The summed E-state index contributed by atoms with van der Waals surface area (Å²) < 4.78 is 43.8. The Kier molecular flexibility index (Phi) is 51.6. The van der Waals surface area contributed by atoms with Gasteiger partial charge in [0, 0.05) is 0 Å². The van der Waals surface area contributed by atoms with Crippen LogP contribution in [0.4, 0.5) is 0 Å². The zero-order valence-electron chi connectivity index (χ0n) is 14.1. The molecule has 0 spiro atoms. The second-order valence-electron chi connectivity index (χ2n) is 3.61. The average Bonchev–Trinajstić information content (AvgIpc) is 2.73. The van der Waals surface area contributed by atoms with E-state index in [1.807, 2.05) is 50.3 Å². The number of rotatable bonds is 5. The van der Waals surface area contributed by atoms with Crippen LogP contribution in [0, 0.1) is 33.3 Å². The van der Waals surface area contributed by atoms with E-state index in [0.717, 1.165) is 4.57 Å². The molecular weight excluding hydrogens is 376 g/mol. The molecule has 0 aromatic heterocycles. The molecule has 0 atom stereocenters. The van der Waals surface area contributed by atoms with Crippen LogP contribution >= 0.6 is 0 Å². The first-order chi connectivity index (χ1) is 12.7. The van der Waals surface area contributed by atoms with E-state index in [-0.39, 0.29) is 6.10 Å². The van der Waals surface area contributed by atoms with Crippen LogP contribution in [0.15, 0.2) is 48.6 Å². The molecule has 1 rings (SSSR count). The Hall–Kier alpha value is -2.24. The van der Waals surface area contributed by atoms with Crippen molar-refractivity contribution in [3.8, 4) is 0 Å². The van der Waals surface area contributed by atoms with Crippen molar-refractivity contribution in [3.05, 3.63) is 87.4 Å². The predicted molar refractivity (Wildman–Crippen MR) is 85.5 cm³/mol. The fraction of sp³-hybridized carbons (Fsp3) is 0.158. The van der Waals surface area contributed by atoms with Gasteiger partial charge >= 0.3 is 162 Å². The molecule has 1 aromatic rings. The summed E-state index contributed by atoms with van der Waals surface area (Å²) in [6, 6.07) is 10.2. The number of hydrogen-bond donors (Lipinski definition) is 0. The Balaban J connectivity index is -0.000000127. The van der Waals surface area contributed by atoms with E-state index in [2.05, 4.69) is 67.3 Å². The fourth-order valence-electron chi connectivity index (χ4n) is 1.14. The summed E-state index contributed by atoms with van der Waals surface area (Å²) in [6.45, 7) is 26.5. The van der Waals surface area contributed by atoms with Gasteiger partial charge in [0.15, 0.2) is 0 Å². The van der Waals surface area contributed by atoms with Crippen molar-refractivity contribution in [2.45, 2.75) is 20.0 Å². The molecule has 7 heteroatoms. The minimum atomic E-state index is 0.207. The molecule has 0 amide bonds. The van der Waals surface area contributed by atoms with Crippen molar-refractivity contribution in [1.29, 1.82) is 0 Å². The van der Waals surface area contributed by atoms with E-state index in [1.165, 1.54) is 5.56 Å². The first-order valence-electron chi connectivity index (χ1n) is 6.31. The number of hydrogen-bond acceptors (Lipinski definition) is 1. The van der Waals surface area contributed by atoms with Gasteiger partial charge < -0.3 is 0 Å². The molecule has 0 aliphatic carbocycles. The van der Waals surface area contributed by atoms with Crippen LogP contribution in [-0.2, 0) is 43.8 Å². The van der Waals surface area contributed by atoms with Gasteiger partial charge in [0.25, 0.3) is 0 Å². The van der Waals surface area contributed by atoms with Crippen LogP contribution in [-0.4, -0.2) is 10.7 Å². The summed E-state index contributed by atoms with van der Waals surface area (Å²) >= 11 is 2.88. The predicted octanol–water partition coefficient (Wildman–Crippen LogP) is 3.17. The summed E-state index contributed by atoms with van der Waals surface area (Å²) in [7, 11) is 0. The number of benzene rings is 1. The molecule has 26 heavy (non-hydrogen) atoms. The van der Waals surface area contributed by atoms with Crippen molar-refractivity contribution < 1.29 is 43.8 Å². The molecular formula is C19H16CrO6. The molecule has 1 aromatic carbocycles. The van der Waals surface area contributed by atoms with Gasteiger partial charge in [-0.1, -0.05) is 0 Å². The van der Waals surface area contributed by atoms with Gasteiger partial charge in [-0.15, -0.1) is 0 Å². The van der Waals surface area contributed by atoms with Crippen LogP contribution in [0.25, 0.3) is 6.08 Å². The summed E-state index contributed by atoms with van der Waals surface area (Å²) in [4.78, 5) is 0. The Morgan fingerprint density at radius 2 is 1.27 bits per heavy atom. The summed E-state index contributed by atoms with van der Waals surface area (Å²) in [5, 5.41) is 0. The van der Waals surface area contributed by atoms with Crippen molar-refractivity contribution >= 4 is 10.6 Å². The van der Waals surface area contributed by atoms with E-state index < -0.39 is 0 Å². The van der Waals surface area contributed by atoms with Gasteiger partial charge in [-0.05, 0) is 0 Å². The minimum absolute atomic E-state index is 0.207. The zero-order valence-corrected chi connectivity index (χ0v) is 15.4. The maximum atomic E-state index is 7.50. The normalized spacial score (nSPS) is 7.58. The third-order valence-corrected chi connectivity index (χ3v) is 2.15. The topological polar surface area (TPSA) is 109 Å². The third-order valence-electron chi connectivity index (χ3n) is 1.78. The standard InChI is InChI=1S/C14H16O.5CO.Cr/c1-13(2)15-12-8-4-7-11-14-9-5-3-6-10-14;5*1-2;/h3-11,13H,1-2H3;;;;;;/b8-4+,11-7+;;;;;;. The van der Waals surface area contributed by atoms with Gasteiger partial charge in [-0.25, -0.2) is 0 Å². The summed E-state index contributed by atoms with van der Waals surface area (Å²) in [5.41, 5.74) is 1.19. The monoisotopic (exact) mass is 392 g/mol. The van der Waals surface area contributed by atoms with E-state index in [4.69, 9.17) is 28.0 Å². The van der Waals surface area contributed by atoms with Crippen molar-refractivity contribution in [2.75, 3.05) is 0 Å². The Labute approximate surface area is 162 Å². The SMILES string of the molecule is CC(C)O[C](=[Cr])/C=C/C=C/c1ccccc1.[C-]#[O+].[C-]#[O+].[C-]#[O+].[C-]#[O+].[C-]#[O+]. The first kappa shape index (κ1) is 35.0. The summed E-state index contributed by atoms with van der Waals surface area (Å²) in [5.74, 6) is 0. The molecule has 0 N–H and O–H groups in total. The second kappa shape index (κ2) is 38.4. The van der Waals surface area contributed by atoms with Crippen LogP contribution in [0.1, 0.15) is 19.4 Å². The quantitative estimate of drug-likeness (QED) is 0.428. The molecule has 6 nitrogen and oxygen atoms in total. The van der Waals surface area contributed by atoms with E-state index in [1.54, 1.807) is 0 Å². The van der Waals surface area contributed by atoms with Crippen molar-refractivity contribution in [2.24, 2.45) is 0 Å². The van der Waals surface area contributed by atoms with Crippen molar-refractivity contribution in [3.63, 3.8) is 0 Å². The van der Waals surface area contributed by atoms with Gasteiger partial charge in [-0.3, -0.25) is 0 Å². The second-order valence-corrected chi connectivity index (χ2v) is 4.24. The Morgan fingerprint density at radius 1 is 0.846 bits per heavy atom. The molecule has 0 saturated heterocycles.